The van der Waals surface area contributed by atoms with Crippen LogP contribution >= 0.6 is 0 Å². The molecule has 0 fully saturated rings. The van der Waals surface area contributed by atoms with E-state index in [0.29, 0.717) is 18.7 Å². The molecule has 0 amide bonds. The molecule has 2 N–H and O–H groups in total. The molecule has 0 spiro atoms. The number of hydrogen-bond donors (Lipinski definition) is 2. The molecule has 0 saturated heterocycles. The molecule has 1 unspecified atom stereocenters. The predicted octanol–water partition coefficient (Wildman–Crippen LogP) is 2.66. The number of aryl methyl sites for hydroxylation is 1. The predicted molar refractivity (Wildman–Crippen MR) is 80.8 cm³/mol. The SMILES string of the molecule is Cc1cccc(OCC(O)CNCc2ccccc2F)c1. The van der Waals surface area contributed by atoms with E-state index in [4.69, 9.17) is 4.74 Å². The molecule has 0 aliphatic rings. The Morgan fingerprint density at radius 2 is 2.00 bits per heavy atom. The van der Waals surface area contributed by atoms with Gasteiger partial charge < -0.3 is 15.2 Å². The fourth-order valence-corrected chi connectivity index (χ4v) is 1.97. The summed E-state index contributed by atoms with van der Waals surface area (Å²) in [4.78, 5) is 0. The fraction of sp³-hybridized carbons (Fsp3) is 0.294. The molecular formula is C17H20FNO2. The molecule has 21 heavy (non-hydrogen) atoms. The van der Waals surface area contributed by atoms with Crippen LogP contribution in [0.15, 0.2) is 48.5 Å². The van der Waals surface area contributed by atoms with E-state index in [1.54, 1.807) is 18.2 Å². The zero-order chi connectivity index (χ0) is 15.1. The molecule has 2 rings (SSSR count). The third-order valence-corrected chi connectivity index (χ3v) is 3.09. The van der Waals surface area contributed by atoms with Gasteiger partial charge in [-0.15, -0.1) is 0 Å². The molecule has 0 radical (unpaired) electrons. The molecule has 112 valence electrons. The van der Waals surface area contributed by atoms with Gasteiger partial charge in [0.25, 0.3) is 0 Å². The topological polar surface area (TPSA) is 41.5 Å². The summed E-state index contributed by atoms with van der Waals surface area (Å²) in [7, 11) is 0. The highest BCUT2D eigenvalue weighted by Crippen LogP contribution is 2.12. The second-order valence-electron chi connectivity index (χ2n) is 5.00. The van der Waals surface area contributed by atoms with Crippen molar-refractivity contribution in [3.05, 3.63) is 65.5 Å². The Hall–Kier alpha value is -1.91. The number of hydrogen-bond acceptors (Lipinski definition) is 3. The molecule has 2 aromatic carbocycles. The van der Waals surface area contributed by atoms with Crippen LogP contribution in [0.4, 0.5) is 4.39 Å². The molecule has 0 aromatic heterocycles. The van der Waals surface area contributed by atoms with Crippen molar-refractivity contribution in [1.29, 1.82) is 0 Å². The molecular weight excluding hydrogens is 269 g/mol. The summed E-state index contributed by atoms with van der Waals surface area (Å²) in [6.45, 7) is 2.92. The Labute approximate surface area is 124 Å². The number of rotatable bonds is 7. The molecule has 2 aromatic rings. The molecule has 0 aliphatic carbocycles. The summed E-state index contributed by atoms with van der Waals surface area (Å²) < 4.78 is 18.9. The Bertz CT molecular complexity index is 574. The van der Waals surface area contributed by atoms with Crippen molar-refractivity contribution >= 4 is 0 Å². The van der Waals surface area contributed by atoms with Gasteiger partial charge in [-0.05, 0) is 30.7 Å². The van der Waals surface area contributed by atoms with Gasteiger partial charge in [-0.2, -0.15) is 0 Å². The van der Waals surface area contributed by atoms with Crippen LogP contribution < -0.4 is 10.1 Å². The van der Waals surface area contributed by atoms with Crippen molar-refractivity contribution < 1.29 is 14.2 Å². The Morgan fingerprint density at radius 1 is 1.19 bits per heavy atom. The average molecular weight is 289 g/mol. The van der Waals surface area contributed by atoms with Crippen molar-refractivity contribution in [2.24, 2.45) is 0 Å². The maximum absolute atomic E-state index is 13.4. The summed E-state index contributed by atoms with van der Waals surface area (Å²) in [6, 6.07) is 14.3. The summed E-state index contributed by atoms with van der Waals surface area (Å²) in [5, 5.41) is 12.9. The van der Waals surface area contributed by atoms with Crippen LogP contribution in [0.25, 0.3) is 0 Å². The van der Waals surface area contributed by atoms with E-state index < -0.39 is 6.10 Å². The standard InChI is InChI=1S/C17H20FNO2/c1-13-5-4-7-16(9-13)21-12-15(20)11-19-10-14-6-2-3-8-17(14)18/h2-9,15,19-20H,10-12H2,1H3. The van der Waals surface area contributed by atoms with E-state index in [0.717, 1.165) is 11.3 Å². The molecule has 0 aliphatic heterocycles. The smallest absolute Gasteiger partial charge is 0.127 e. The first-order chi connectivity index (χ1) is 10.1. The summed E-state index contributed by atoms with van der Waals surface area (Å²) in [5.74, 6) is 0.499. The van der Waals surface area contributed by atoms with Crippen LogP contribution in [0, 0.1) is 12.7 Å². The number of aliphatic hydroxyl groups is 1. The Balaban J connectivity index is 1.70. The van der Waals surface area contributed by atoms with E-state index in [-0.39, 0.29) is 12.4 Å². The highest BCUT2D eigenvalue weighted by Gasteiger charge is 2.06. The fourth-order valence-electron chi connectivity index (χ4n) is 1.97. The number of aliphatic hydroxyl groups excluding tert-OH is 1. The number of halogens is 1. The lowest BCUT2D eigenvalue weighted by molar-refractivity contribution is 0.106. The first-order valence-corrected chi connectivity index (χ1v) is 6.97. The van der Waals surface area contributed by atoms with Gasteiger partial charge in [-0.25, -0.2) is 4.39 Å². The zero-order valence-corrected chi connectivity index (χ0v) is 12.1. The number of ether oxygens (including phenoxy) is 1. The van der Waals surface area contributed by atoms with E-state index in [1.807, 2.05) is 31.2 Å². The second-order valence-corrected chi connectivity index (χ2v) is 5.00. The van der Waals surface area contributed by atoms with Crippen molar-refractivity contribution in [3.8, 4) is 5.75 Å². The molecule has 0 saturated carbocycles. The van der Waals surface area contributed by atoms with Crippen molar-refractivity contribution in [2.45, 2.75) is 19.6 Å². The van der Waals surface area contributed by atoms with Gasteiger partial charge in [0.05, 0.1) is 0 Å². The molecule has 3 nitrogen and oxygen atoms in total. The summed E-state index contributed by atoms with van der Waals surface area (Å²) in [6.07, 6.45) is -0.641. The average Bonchev–Trinajstić information content (AvgIpc) is 2.47. The highest BCUT2D eigenvalue weighted by molar-refractivity contribution is 5.27. The minimum Gasteiger partial charge on any atom is -0.491 e. The van der Waals surface area contributed by atoms with Gasteiger partial charge in [-0.1, -0.05) is 30.3 Å². The quantitative estimate of drug-likeness (QED) is 0.823. The lowest BCUT2D eigenvalue weighted by Gasteiger charge is -2.13. The summed E-state index contributed by atoms with van der Waals surface area (Å²) in [5.41, 5.74) is 1.70. The number of nitrogens with one attached hydrogen (secondary N) is 1. The minimum absolute atomic E-state index is 0.202. The normalized spacial score (nSPS) is 12.1. The van der Waals surface area contributed by atoms with Gasteiger partial charge in [0.2, 0.25) is 0 Å². The van der Waals surface area contributed by atoms with Gasteiger partial charge in [-0.3, -0.25) is 0 Å². The third-order valence-electron chi connectivity index (χ3n) is 3.09. The minimum atomic E-state index is -0.641. The van der Waals surface area contributed by atoms with Gasteiger partial charge in [0.15, 0.2) is 0 Å². The van der Waals surface area contributed by atoms with Crippen LogP contribution in [-0.4, -0.2) is 24.4 Å². The maximum atomic E-state index is 13.4. The first kappa shape index (κ1) is 15.5. The lowest BCUT2D eigenvalue weighted by atomic mass is 10.2. The van der Waals surface area contributed by atoms with Crippen LogP contribution in [0.5, 0.6) is 5.75 Å². The van der Waals surface area contributed by atoms with Crippen molar-refractivity contribution in [3.63, 3.8) is 0 Å². The van der Waals surface area contributed by atoms with Crippen LogP contribution in [0.3, 0.4) is 0 Å². The van der Waals surface area contributed by atoms with E-state index >= 15 is 0 Å². The maximum Gasteiger partial charge on any atom is 0.127 e. The largest absolute Gasteiger partial charge is 0.491 e. The second kappa shape index (κ2) is 7.76. The van der Waals surface area contributed by atoms with Gasteiger partial charge >= 0.3 is 0 Å². The lowest BCUT2D eigenvalue weighted by Crippen LogP contribution is -2.31. The Morgan fingerprint density at radius 3 is 2.76 bits per heavy atom. The van der Waals surface area contributed by atoms with Crippen molar-refractivity contribution in [2.75, 3.05) is 13.2 Å². The van der Waals surface area contributed by atoms with E-state index in [1.165, 1.54) is 6.07 Å². The number of benzene rings is 2. The third kappa shape index (κ3) is 5.17. The molecule has 0 heterocycles. The molecule has 1 atom stereocenters. The zero-order valence-electron chi connectivity index (χ0n) is 12.1. The summed E-state index contributed by atoms with van der Waals surface area (Å²) >= 11 is 0. The monoisotopic (exact) mass is 289 g/mol. The van der Waals surface area contributed by atoms with Crippen LogP contribution in [-0.2, 0) is 6.54 Å². The van der Waals surface area contributed by atoms with E-state index in [2.05, 4.69) is 5.32 Å². The van der Waals surface area contributed by atoms with Gasteiger partial charge in [0, 0.05) is 18.7 Å². The van der Waals surface area contributed by atoms with Gasteiger partial charge in [0.1, 0.15) is 24.3 Å². The van der Waals surface area contributed by atoms with Crippen molar-refractivity contribution in [1.82, 2.24) is 5.32 Å². The highest BCUT2D eigenvalue weighted by atomic mass is 19.1. The Kier molecular flexibility index (Phi) is 5.72. The molecule has 4 heteroatoms. The van der Waals surface area contributed by atoms with E-state index in [9.17, 15) is 9.50 Å². The van der Waals surface area contributed by atoms with Crippen LogP contribution in [0.1, 0.15) is 11.1 Å². The van der Waals surface area contributed by atoms with Crippen LogP contribution in [0.2, 0.25) is 0 Å². The first-order valence-electron chi connectivity index (χ1n) is 6.97. The molecule has 0 bridgehead atoms.